The van der Waals surface area contributed by atoms with Gasteiger partial charge in [-0.05, 0) is 43.2 Å². The Kier molecular flexibility index (Phi) is 7.03. The molecule has 0 saturated heterocycles. The smallest absolute Gasteiger partial charge is 0.157 e. The SMILES string of the molecule is CCCC(CCC)c1nc2c([nH]1)c(Nc1ccc(C#CCCN)cc1)nc1ccccc12. The molecule has 0 amide bonds. The number of anilines is 2. The summed E-state index contributed by atoms with van der Waals surface area (Å²) in [5.41, 5.74) is 10.3. The summed E-state index contributed by atoms with van der Waals surface area (Å²) in [4.78, 5) is 13.6. The summed E-state index contributed by atoms with van der Waals surface area (Å²) in [5, 5.41) is 4.58. The van der Waals surface area contributed by atoms with Crippen LogP contribution in [0.1, 0.15) is 63.3 Å². The summed E-state index contributed by atoms with van der Waals surface area (Å²) >= 11 is 0. The van der Waals surface area contributed by atoms with Crippen molar-refractivity contribution in [2.45, 2.75) is 51.9 Å². The van der Waals surface area contributed by atoms with Gasteiger partial charge in [0.2, 0.25) is 0 Å². The van der Waals surface area contributed by atoms with Crippen molar-refractivity contribution in [1.29, 1.82) is 0 Å². The Hall–Kier alpha value is -3.36. The van der Waals surface area contributed by atoms with Gasteiger partial charge in [0, 0.05) is 35.5 Å². The number of hydrogen-bond donors (Lipinski definition) is 3. The number of benzene rings is 2. The lowest BCUT2D eigenvalue weighted by atomic mass is 9.98. The Morgan fingerprint density at radius 3 is 2.47 bits per heavy atom. The van der Waals surface area contributed by atoms with E-state index in [2.05, 4.69) is 42.1 Å². The van der Waals surface area contributed by atoms with Gasteiger partial charge in [0.15, 0.2) is 5.82 Å². The predicted molar refractivity (Wildman–Crippen MR) is 134 cm³/mol. The summed E-state index contributed by atoms with van der Waals surface area (Å²) in [6.07, 6.45) is 5.26. The average Bonchev–Trinajstić information content (AvgIpc) is 3.26. The van der Waals surface area contributed by atoms with Crippen LogP contribution in [-0.2, 0) is 0 Å². The Morgan fingerprint density at radius 1 is 1.00 bits per heavy atom. The van der Waals surface area contributed by atoms with Gasteiger partial charge >= 0.3 is 0 Å². The lowest BCUT2D eigenvalue weighted by Crippen LogP contribution is -2.00. The molecule has 0 unspecified atom stereocenters. The largest absolute Gasteiger partial charge is 0.339 e. The molecule has 0 spiro atoms. The van der Waals surface area contributed by atoms with Gasteiger partial charge in [0.25, 0.3) is 0 Å². The zero-order valence-corrected chi connectivity index (χ0v) is 18.9. The maximum Gasteiger partial charge on any atom is 0.157 e. The third kappa shape index (κ3) is 4.76. The number of hydrogen-bond acceptors (Lipinski definition) is 4. The van der Waals surface area contributed by atoms with Crippen LogP contribution < -0.4 is 11.1 Å². The molecular formula is C27H31N5. The van der Waals surface area contributed by atoms with Crippen LogP contribution in [0.3, 0.4) is 0 Å². The van der Waals surface area contributed by atoms with Crippen molar-refractivity contribution in [3.05, 3.63) is 59.9 Å². The second kappa shape index (κ2) is 10.3. The highest BCUT2D eigenvalue weighted by Gasteiger charge is 2.18. The number of fused-ring (bicyclic) bond motifs is 3. The van der Waals surface area contributed by atoms with E-state index in [0.717, 1.165) is 70.5 Å². The molecule has 0 aliphatic rings. The number of aromatic amines is 1. The molecule has 0 radical (unpaired) electrons. The normalized spacial score (nSPS) is 11.1. The summed E-state index contributed by atoms with van der Waals surface area (Å²) in [7, 11) is 0. The van der Waals surface area contributed by atoms with Crippen LogP contribution in [0.5, 0.6) is 0 Å². The quantitative estimate of drug-likeness (QED) is 0.292. The van der Waals surface area contributed by atoms with E-state index in [9.17, 15) is 0 Å². The number of nitrogens with two attached hydrogens (primary N) is 1. The molecule has 32 heavy (non-hydrogen) atoms. The minimum absolute atomic E-state index is 0.440. The van der Waals surface area contributed by atoms with Crippen molar-refractivity contribution in [3.63, 3.8) is 0 Å². The second-order valence-electron chi connectivity index (χ2n) is 8.14. The maximum absolute atomic E-state index is 5.51. The zero-order chi connectivity index (χ0) is 22.3. The molecule has 0 aliphatic heterocycles. The second-order valence-corrected chi connectivity index (χ2v) is 8.14. The lowest BCUT2D eigenvalue weighted by Gasteiger charge is -2.11. The van der Waals surface area contributed by atoms with E-state index in [0.29, 0.717) is 18.9 Å². The zero-order valence-electron chi connectivity index (χ0n) is 18.9. The third-order valence-electron chi connectivity index (χ3n) is 5.66. The standard InChI is InChI=1S/C27H31N5/c1-3-9-20(10-4-2)26-31-24-22-12-5-6-13-23(22)30-27(25(24)32-26)29-21-16-14-19(15-17-21)11-7-8-18-28/h5-6,12-17,20H,3-4,8-10,18,28H2,1-2H3,(H,29,30)(H,31,32). The third-order valence-corrected chi connectivity index (χ3v) is 5.66. The lowest BCUT2D eigenvalue weighted by molar-refractivity contribution is 0.539. The molecule has 2 heterocycles. The topological polar surface area (TPSA) is 79.6 Å². The molecule has 4 aromatic rings. The highest BCUT2D eigenvalue weighted by molar-refractivity contribution is 6.07. The first kappa shape index (κ1) is 21.9. The van der Waals surface area contributed by atoms with Crippen LogP contribution in [-0.4, -0.2) is 21.5 Å². The first-order chi connectivity index (χ1) is 15.7. The number of para-hydroxylation sites is 1. The average molecular weight is 426 g/mol. The van der Waals surface area contributed by atoms with E-state index in [-0.39, 0.29) is 0 Å². The van der Waals surface area contributed by atoms with E-state index < -0.39 is 0 Å². The fraction of sp³-hybridized carbons (Fsp3) is 0.333. The van der Waals surface area contributed by atoms with E-state index >= 15 is 0 Å². The van der Waals surface area contributed by atoms with Crippen molar-refractivity contribution >= 4 is 33.4 Å². The Labute approximate surface area is 189 Å². The van der Waals surface area contributed by atoms with Crippen LogP contribution in [0.4, 0.5) is 11.5 Å². The number of pyridine rings is 1. The predicted octanol–water partition coefficient (Wildman–Crippen LogP) is 6.24. The molecule has 0 aliphatic carbocycles. The first-order valence-electron chi connectivity index (χ1n) is 11.6. The highest BCUT2D eigenvalue weighted by Crippen LogP contribution is 2.33. The number of imidazole rings is 1. The minimum atomic E-state index is 0.440. The van der Waals surface area contributed by atoms with Gasteiger partial charge in [0.05, 0.1) is 5.52 Å². The van der Waals surface area contributed by atoms with Gasteiger partial charge in [-0.3, -0.25) is 0 Å². The van der Waals surface area contributed by atoms with Crippen molar-refractivity contribution in [2.24, 2.45) is 5.73 Å². The summed E-state index contributed by atoms with van der Waals surface area (Å²) in [6, 6.07) is 16.3. The molecule has 0 saturated carbocycles. The fourth-order valence-corrected chi connectivity index (χ4v) is 4.11. The van der Waals surface area contributed by atoms with Gasteiger partial charge in [0.1, 0.15) is 16.9 Å². The van der Waals surface area contributed by atoms with Gasteiger partial charge in [-0.2, -0.15) is 0 Å². The molecule has 4 N–H and O–H groups in total. The molecule has 4 rings (SSSR count). The van der Waals surface area contributed by atoms with E-state index in [1.165, 1.54) is 0 Å². The monoisotopic (exact) mass is 425 g/mol. The summed E-state index contributed by atoms with van der Waals surface area (Å²) in [5.74, 6) is 8.52. The summed E-state index contributed by atoms with van der Waals surface area (Å²) in [6.45, 7) is 5.05. The molecule has 0 bridgehead atoms. The fourth-order valence-electron chi connectivity index (χ4n) is 4.11. The first-order valence-corrected chi connectivity index (χ1v) is 11.6. The maximum atomic E-state index is 5.51. The molecule has 5 nitrogen and oxygen atoms in total. The number of rotatable bonds is 8. The molecule has 164 valence electrons. The van der Waals surface area contributed by atoms with Crippen LogP contribution in [0.15, 0.2) is 48.5 Å². The van der Waals surface area contributed by atoms with Crippen LogP contribution in [0.25, 0.3) is 21.9 Å². The number of nitrogens with one attached hydrogen (secondary N) is 2. The molecule has 2 aromatic carbocycles. The molecule has 0 atom stereocenters. The van der Waals surface area contributed by atoms with Crippen molar-refractivity contribution in [1.82, 2.24) is 15.0 Å². The van der Waals surface area contributed by atoms with Crippen molar-refractivity contribution < 1.29 is 0 Å². The Bertz CT molecular complexity index is 1240. The Balaban J connectivity index is 1.74. The molecule has 5 heteroatoms. The van der Waals surface area contributed by atoms with Crippen molar-refractivity contribution in [3.8, 4) is 11.8 Å². The van der Waals surface area contributed by atoms with E-state index in [4.69, 9.17) is 15.7 Å². The van der Waals surface area contributed by atoms with Crippen LogP contribution in [0, 0.1) is 11.8 Å². The van der Waals surface area contributed by atoms with Crippen LogP contribution >= 0.6 is 0 Å². The van der Waals surface area contributed by atoms with Crippen LogP contribution in [0.2, 0.25) is 0 Å². The number of H-pyrrole nitrogens is 1. The van der Waals surface area contributed by atoms with Gasteiger partial charge in [-0.15, -0.1) is 0 Å². The minimum Gasteiger partial charge on any atom is -0.339 e. The molecule has 2 aromatic heterocycles. The van der Waals surface area contributed by atoms with E-state index in [1.54, 1.807) is 0 Å². The van der Waals surface area contributed by atoms with Gasteiger partial charge in [-0.1, -0.05) is 56.7 Å². The number of aromatic nitrogens is 3. The van der Waals surface area contributed by atoms with E-state index in [1.807, 2.05) is 42.5 Å². The van der Waals surface area contributed by atoms with Crippen molar-refractivity contribution in [2.75, 3.05) is 11.9 Å². The van der Waals surface area contributed by atoms with Gasteiger partial charge in [-0.25, -0.2) is 9.97 Å². The Morgan fingerprint density at radius 2 is 1.75 bits per heavy atom. The highest BCUT2D eigenvalue weighted by atomic mass is 15.0. The molecule has 0 fully saturated rings. The summed E-state index contributed by atoms with van der Waals surface area (Å²) < 4.78 is 0. The number of nitrogens with zero attached hydrogens (tertiary/aromatic N) is 2. The molecular weight excluding hydrogens is 394 g/mol. The van der Waals surface area contributed by atoms with Gasteiger partial charge < -0.3 is 16.0 Å².